The molecule has 1 aromatic carbocycles. The number of nitrogens with two attached hydrogens (primary N) is 1. The summed E-state index contributed by atoms with van der Waals surface area (Å²) < 4.78 is 5.58. The van der Waals surface area contributed by atoms with E-state index in [2.05, 4.69) is 0 Å². The highest BCUT2D eigenvalue weighted by Crippen LogP contribution is 2.37. The Kier molecular flexibility index (Phi) is 4.09. The van der Waals surface area contributed by atoms with Crippen molar-refractivity contribution in [2.45, 2.75) is 25.8 Å². The Balaban J connectivity index is 1.54. The third-order valence-electron chi connectivity index (χ3n) is 4.76. The van der Waals surface area contributed by atoms with E-state index in [0.29, 0.717) is 22.6 Å². The van der Waals surface area contributed by atoms with Crippen molar-refractivity contribution < 1.29 is 9.53 Å². The fourth-order valence-electron chi connectivity index (χ4n) is 3.45. The Morgan fingerprint density at radius 3 is 2.95 bits per heavy atom. The highest BCUT2D eigenvalue weighted by molar-refractivity contribution is 6.31. The van der Waals surface area contributed by atoms with Gasteiger partial charge in [-0.2, -0.15) is 0 Å². The van der Waals surface area contributed by atoms with Gasteiger partial charge in [0.15, 0.2) is 6.61 Å². The molecule has 21 heavy (non-hydrogen) atoms. The van der Waals surface area contributed by atoms with E-state index in [9.17, 15) is 4.79 Å². The number of amides is 1. The largest absolute Gasteiger partial charge is 0.484 e. The molecule has 0 bridgehead atoms. The Morgan fingerprint density at radius 2 is 2.24 bits per heavy atom. The van der Waals surface area contributed by atoms with Crippen molar-refractivity contribution in [2.24, 2.45) is 17.6 Å². The fraction of sp³-hybridized carbons (Fsp3) is 0.562. The van der Waals surface area contributed by atoms with Crippen molar-refractivity contribution >= 4 is 17.5 Å². The standard InChI is InChI=1S/C16H21ClN2O2/c1-10-6-12(3-4-14(10)17)21-9-16(20)19-7-11-2-5-15(18)13(11)8-19/h3-4,6,11,13,15H,2,5,7-9,18H2,1H3. The smallest absolute Gasteiger partial charge is 0.260 e. The second kappa shape index (κ2) is 5.85. The van der Waals surface area contributed by atoms with E-state index in [4.69, 9.17) is 22.1 Å². The lowest BCUT2D eigenvalue weighted by atomic mass is 9.98. The summed E-state index contributed by atoms with van der Waals surface area (Å²) >= 11 is 5.97. The van der Waals surface area contributed by atoms with Crippen molar-refractivity contribution in [3.05, 3.63) is 28.8 Å². The first kappa shape index (κ1) is 14.7. The first-order chi connectivity index (χ1) is 10.0. The average molecular weight is 309 g/mol. The molecule has 2 aliphatic rings. The second-order valence-electron chi connectivity index (χ2n) is 6.16. The molecule has 0 spiro atoms. The van der Waals surface area contributed by atoms with Crippen LogP contribution in [-0.4, -0.2) is 36.5 Å². The number of aryl methyl sites for hydroxylation is 1. The molecule has 3 atom stereocenters. The van der Waals surface area contributed by atoms with E-state index in [-0.39, 0.29) is 18.6 Å². The molecule has 1 saturated carbocycles. The third-order valence-corrected chi connectivity index (χ3v) is 5.18. The number of benzene rings is 1. The lowest BCUT2D eigenvalue weighted by Crippen LogP contribution is -2.36. The molecule has 4 nitrogen and oxygen atoms in total. The number of fused-ring (bicyclic) bond motifs is 1. The number of carbonyl (C=O) groups is 1. The third kappa shape index (κ3) is 3.01. The van der Waals surface area contributed by atoms with Crippen LogP contribution in [-0.2, 0) is 4.79 Å². The van der Waals surface area contributed by atoms with Gasteiger partial charge in [0.25, 0.3) is 5.91 Å². The molecule has 2 fully saturated rings. The number of nitrogens with zero attached hydrogens (tertiary/aromatic N) is 1. The van der Waals surface area contributed by atoms with Crippen molar-refractivity contribution in [2.75, 3.05) is 19.7 Å². The van der Waals surface area contributed by atoms with Crippen LogP contribution in [0.15, 0.2) is 18.2 Å². The summed E-state index contributed by atoms with van der Waals surface area (Å²) in [6.07, 6.45) is 2.24. The normalized spacial score (nSPS) is 27.8. The number of rotatable bonds is 3. The van der Waals surface area contributed by atoms with Crippen LogP contribution in [0, 0.1) is 18.8 Å². The molecule has 3 rings (SSSR count). The molecule has 2 N–H and O–H groups in total. The highest BCUT2D eigenvalue weighted by Gasteiger charge is 2.42. The van der Waals surface area contributed by atoms with Crippen LogP contribution >= 0.6 is 11.6 Å². The van der Waals surface area contributed by atoms with Crippen LogP contribution in [0.2, 0.25) is 5.02 Å². The van der Waals surface area contributed by atoms with Crippen molar-refractivity contribution in [1.29, 1.82) is 0 Å². The van der Waals surface area contributed by atoms with Crippen LogP contribution < -0.4 is 10.5 Å². The van der Waals surface area contributed by atoms with Gasteiger partial charge in [-0.1, -0.05) is 11.6 Å². The molecule has 0 aromatic heterocycles. The predicted octanol–water partition coefficient (Wildman–Crippen LogP) is 2.22. The quantitative estimate of drug-likeness (QED) is 0.931. The minimum absolute atomic E-state index is 0.0456. The van der Waals surface area contributed by atoms with E-state index in [0.717, 1.165) is 31.5 Å². The molecule has 1 aromatic rings. The molecule has 1 heterocycles. The predicted molar refractivity (Wildman–Crippen MR) is 82.5 cm³/mol. The van der Waals surface area contributed by atoms with Gasteiger partial charge in [0.05, 0.1) is 0 Å². The Labute approximate surface area is 130 Å². The Hall–Kier alpha value is -1.26. The van der Waals surface area contributed by atoms with Gasteiger partial charge in [0.2, 0.25) is 0 Å². The van der Waals surface area contributed by atoms with E-state index >= 15 is 0 Å². The van der Waals surface area contributed by atoms with Gasteiger partial charge in [0.1, 0.15) is 5.75 Å². The molecular weight excluding hydrogens is 288 g/mol. The molecule has 114 valence electrons. The van der Waals surface area contributed by atoms with Crippen LogP contribution in [0.25, 0.3) is 0 Å². The highest BCUT2D eigenvalue weighted by atomic mass is 35.5. The number of carbonyl (C=O) groups excluding carboxylic acids is 1. The summed E-state index contributed by atoms with van der Waals surface area (Å²) in [4.78, 5) is 14.1. The number of hydrogen-bond donors (Lipinski definition) is 1. The second-order valence-corrected chi connectivity index (χ2v) is 6.57. The number of likely N-dealkylation sites (tertiary alicyclic amines) is 1. The Bertz CT molecular complexity index is 549. The van der Waals surface area contributed by atoms with E-state index in [1.807, 2.05) is 17.9 Å². The number of hydrogen-bond acceptors (Lipinski definition) is 3. The minimum atomic E-state index is 0.0456. The fourth-order valence-corrected chi connectivity index (χ4v) is 3.57. The van der Waals surface area contributed by atoms with Gasteiger partial charge in [-0.15, -0.1) is 0 Å². The summed E-state index contributed by atoms with van der Waals surface area (Å²) in [5.41, 5.74) is 7.04. The van der Waals surface area contributed by atoms with Crippen molar-refractivity contribution in [1.82, 2.24) is 4.90 Å². The van der Waals surface area contributed by atoms with Crippen molar-refractivity contribution in [3.8, 4) is 5.75 Å². The molecule has 1 amide bonds. The first-order valence-electron chi connectivity index (χ1n) is 7.47. The van der Waals surface area contributed by atoms with Gasteiger partial charge in [-0.05, 0) is 55.4 Å². The zero-order valence-corrected chi connectivity index (χ0v) is 13.0. The van der Waals surface area contributed by atoms with Gasteiger partial charge < -0.3 is 15.4 Å². The molecular formula is C16H21ClN2O2. The SMILES string of the molecule is Cc1cc(OCC(=O)N2CC3CCC(N)C3C2)ccc1Cl. The van der Waals surface area contributed by atoms with Gasteiger partial charge in [0, 0.05) is 24.2 Å². The summed E-state index contributed by atoms with van der Waals surface area (Å²) in [5, 5.41) is 0.704. The molecule has 1 aliphatic heterocycles. The topological polar surface area (TPSA) is 55.6 Å². The van der Waals surface area contributed by atoms with Crippen LogP contribution in [0.5, 0.6) is 5.75 Å². The molecule has 3 unspecified atom stereocenters. The van der Waals surface area contributed by atoms with Crippen LogP contribution in [0.4, 0.5) is 0 Å². The van der Waals surface area contributed by atoms with Crippen LogP contribution in [0.1, 0.15) is 18.4 Å². The maximum absolute atomic E-state index is 12.2. The number of halogens is 1. The monoisotopic (exact) mass is 308 g/mol. The average Bonchev–Trinajstić information content (AvgIpc) is 3.02. The summed E-state index contributed by atoms with van der Waals surface area (Å²) in [5.74, 6) is 1.79. The van der Waals surface area contributed by atoms with Crippen LogP contribution in [0.3, 0.4) is 0 Å². The van der Waals surface area contributed by atoms with E-state index in [1.54, 1.807) is 12.1 Å². The molecule has 5 heteroatoms. The molecule has 1 saturated heterocycles. The maximum atomic E-state index is 12.2. The first-order valence-corrected chi connectivity index (χ1v) is 7.84. The summed E-state index contributed by atoms with van der Waals surface area (Å²) in [6, 6.07) is 5.69. The van der Waals surface area contributed by atoms with E-state index < -0.39 is 0 Å². The molecule has 1 aliphatic carbocycles. The molecule has 0 radical (unpaired) electrons. The minimum Gasteiger partial charge on any atom is -0.484 e. The zero-order valence-electron chi connectivity index (χ0n) is 12.2. The van der Waals surface area contributed by atoms with Gasteiger partial charge in [-0.25, -0.2) is 0 Å². The lowest BCUT2D eigenvalue weighted by molar-refractivity contribution is -0.132. The van der Waals surface area contributed by atoms with E-state index in [1.165, 1.54) is 0 Å². The summed E-state index contributed by atoms with van der Waals surface area (Å²) in [6.45, 7) is 3.61. The van der Waals surface area contributed by atoms with Gasteiger partial charge in [-0.3, -0.25) is 4.79 Å². The lowest BCUT2D eigenvalue weighted by Gasteiger charge is -2.19. The van der Waals surface area contributed by atoms with Gasteiger partial charge >= 0.3 is 0 Å². The number of ether oxygens (including phenoxy) is 1. The van der Waals surface area contributed by atoms with Crippen molar-refractivity contribution in [3.63, 3.8) is 0 Å². The summed E-state index contributed by atoms with van der Waals surface area (Å²) in [7, 11) is 0. The maximum Gasteiger partial charge on any atom is 0.260 e. The zero-order chi connectivity index (χ0) is 15.0. The Morgan fingerprint density at radius 1 is 1.43 bits per heavy atom.